The van der Waals surface area contributed by atoms with Crippen molar-refractivity contribution in [2.24, 2.45) is 0 Å². The summed E-state index contributed by atoms with van der Waals surface area (Å²) in [4.78, 5) is 35.2. The standard InChI is InChI=1S/C11H13F3N2O6S/c1-7-2-3-8(17)16(10(7)19)6-9(18)22-5-4-15-23(20,21)11(12,13)14/h15H,1-6H2. The molecule has 1 rings (SSSR count). The van der Waals surface area contributed by atoms with Crippen molar-refractivity contribution in [2.75, 3.05) is 19.7 Å². The number of imide groups is 1. The predicted molar refractivity (Wildman–Crippen MR) is 69.0 cm³/mol. The summed E-state index contributed by atoms with van der Waals surface area (Å²) in [6.45, 7) is 1.22. The summed E-state index contributed by atoms with van der Waals surface area (Å²) in [5.74, 6) is -2.39. The largest absolute Gasteiger partial charge is 0.511 e. The number of alkyl halides is 3. The van der Waals surface area contributed by atoms with Crippen molar-refractivity contribution in [2.45, 2.75) is 18.3 Å². The fraction of sp³-hybridized carbons (Fsp3) is 0.545. The second kappa shape index (κ2) is 7.08. The summed E-state index contributed by atoms with van der Waals surface area (Å²) < 4.78 is 63.0. The number of nitrogens with one attached hydrogen (secondary N) is 1. The van der Waals surface area contributed by atoms with Crippen molar-refractivity contribution < 1.29 is 40.7 Å². The molecule has 1 aliphatic heterocycles. The molecule has 130 valence electrons. The Hall–Kier alpha value is -1.95. The van der Waals surface area contributed by atoms with Crippen LogP contribution in [0.4, 0.5) is 13.2 Å². The Labute approximate surface area is 129 Å². The van der Waals surface area contributed by atoms with Gasteiger partial charge in [-0.2, -0.15) is 13.2 Å². The van der Waals surface area contributed by atoms with Gasteiger partial charge in [0.1, 0.15) is 13.2 Å². The van der Waals surface area contributed by atoms with Crippen LogP contribution in [0, 0.1) is 0 Å². The van der Waals surface area contributed by atoms with Gasteiger partial charge in [0.25, 0.3) is 5.91 Å². The fourth-order valence-electron chi connectivity index (χ4n) is 1.56. The molecule has 0 spiro atoms. The number of halogens is 3. The molecule has 8 nitrogen and oxygen atoms in total. The number of esters is 1. The summed E-state index contributed by atoms with van der Waals surface area (Å²) in [7, 11) is -5.52. The van der Waals surface area contributed by atoms with Gasteiger partial charge in [0, 0.05) is 18.5 Å². The quantitative estimate of drug-likeness (QED) is 0.301. The van der Waals surface area contributed by atoms with Crippen LogP contribution in [0.15, 0.2) is 12.2 Å². The van der Waals surface area contributed by atoms with Gasteiger partial charge in [0.05, 0.1) is 0 Å². The fourth-order valence-corrected chi connectivity index (χ4v) is 2.08. The van der Waals surface area contributed by atoms with Crippen molar-refractivity contribution in [3.63, 3.8) is 0 Å². The van der Waals surface area contributed by atoms with Gasteiger partial charge in [-0.1, -0.05) is 6.58 Å². The summed E-state index contributed by atoms with van der Waals surface area (Å²) in [5.41, 5.74) is -5.32. The first kappa shape index (κ1) is 19.1. The minimum atomic E-state index is -5.52. The number of hydrogen-bond donors (Lipinski definition) is 1. The molecule has 1 N–H and O–H groups in total. The third-order valence-corrected chi connectivity index (χ3v) is 3.93. The van der Waals surface area contributed by atoms with Gasteiger partial charge in [-0.05, 0) is 6.42 Å². The van der Waals surface area contributed by atoms with E-state index in [1.165, 1.54) is 4.72 Å². The van der Waals surface area contributed by atoms with Gasteiger partial charge in [0.2, 0.25) is 5.91 Å². The van der Waals surface area contributed by atoms with Crippen molar-refractivity contribution in [3.05, 3.63) is 12.2 Å². The summed E-state index contributed by atoms with van der Waals surface area (Å²) in [6, 6.07) is 0. The number of nitrogens with zero attached hydrogens (tertiary/aromatic N) is 1. The van der Waals surface area contributed by atoms with E-state index in [2.05, 4.69) is 11.3 Å². The van der Waals surface area contributed by atoms with E-state index in [4.69, 9.17) is 0 Å². The Morgan fingerprint density at radius 2 is 1.91 bits per heavy atom. The average molecular weight is 358 g/mol. The highest BCUT2D eigenvalue weighted by Crippen LogP contribution is 2.21. The van der Waals surface area contributed by atoms with E-state index in [0.717, 1.165) is 0 Å². The van der Waals surface area contributed by atoms with Gasteiger partial charge in [-0.25, -0.2) is 13.1 Å². The third-order valence-electron chi connectivity index (χ3n) is 2.74. The highest BCUT2D eigenvalue weighted by molar-refractivity contribution is 7.90. The molecular formula is C11H13F3N2O6S. The molecule has 2 amide bonds. The Bertz CT molecular complexity index is 628. The monoisotopic (exact) mass is 358 g/mol. The zero-order valence-corrected chi connectivity index (χ0v) is 12.5. The van der Waals surface area contributed by atoms with Crippen LogP contribution in [0.3, 0.4) is 0 Å². The normalized spacial score (nSPS) is 16.7. The number of sulfonamides is 1. The molecule has 1 fully saturated rings. The zero-order valence-electron chi connectivity index (χ0n) is 11.7. The van der Waals surface area contributed by atoms with E-state index in [-0.39, 0.29) is 18.4 Å². The molecular weight excluding hydrogens is 345 g/mol. The number of rotatable bonds is 6. The molecule has 0 bridgehead atoms. The molecule has 0 aliphatic carbocycles. The molecule has 1 aliphatic rings. The Kier molecular flexibility index (Phi) is 5.88. The number of ether oxygens (including phenoxy) is 1. The van der Waals surface area contributed by atoms with Crippen LogP contribution in [0.1, 0.15) is 12.8 Å². The van der Waals surface area contributed by atoms with Crippen LogP contribution in [0.2, 0.25) is 0 Å². The van der Waals surface area contributed by atoms with Crippen LogP contribution in [-0.4, -0.2) is 56.3 Å². The van der Waals surface area contributed by atoms with Gasteiger partial charge in [0.15, 0.2) is 0 Å². The maximum Gasteiger partial charge on any atom is 0.511 e. The van der Waals surface area contributed by atoms with Crippen molar-refractivity contribution >= 4 is 27.8 Å². The van der Waals surface area contributed by atoms with Crippen molar-refractivity contribution in [1.29, 1.82) is 0 Å². The van der Waals surface area contributed by atoms with Gasteiger partial charge < -0.3 is 4.74 Å². The van der Waals surface area contributed by atoms with Gasteiger partial charge in [-0.15, -0.1) is 0 Å². The predicted octanol–water partition coefficient (Wildman–Crippen LogP) is -0.326. The van der Waals surface area contributed by atoms with Gasteiger partial charge >= 0.3 is 21.5 Å². The number of carbonyl (C=O) groups excluding carboxylic acids is 3. The Balaban J connectivity index is 2.42. The summed E-state index contributed by atoms with van der Waals surface area (Å²) in [5, 5.41) is 0. The Morgan fingerprint density at radius 3 is 2.48 bits per heavy atom. The molecule has 0 saturated carbocycles. The number of amides is 2. The van der Waals surface area contributed by atoms with Crippen LogP contribution in [0.25, 0.3) is 0 Å². The number of carbonyl (C=O) groups is 3. The number of hydrogen-bond acceptors (Lipinski definition) is 6. The molecule has 1 heterocycles. The topological polar surface area (TPSA) is 110 Å². The van der Waals surface area contributed by atoms with Crippen LogP contribution in [-0.2, 0) is 29.1 Å². The van der Waals surface area contributed by atoms with Crippen molar-refractivity contribution in [1.82, 2.24) is 9.62 Å². The van der Waals surface area contributed by atoms with E-state index >= 15 is 0 Å². The molecule has 0 atom stereocenters. The first-order chi connectivity index (χ1) is 10.5. The maximum atomic E-state index is 12.0. The number of likely N-dealkylation sites (tertiary alicyclic amines) is 1. The first-order valence-corrected chi connectivity index (χ1v) is 7.68. The van der Waals surface area contributed by atoms with E-state index in [9.17, 15) is 36.0 Å². The maximum absolute atomic E-state index is 12.0. The van der Waals surface area contributed by atoms with Gasteiger partial charge in [-0.3, -0.25) is 19.3 Å². The van der Waals surface area contributed by atoms with Crippen LogP contribution in [0.5, 0.6) is 0 Å². The highest BCUT2D eigenvalue weighted by Gasteiger charge is 2.45. The van der Waals surface area contributed by atoms with Crippen LogP contribution < -0.4 is 4.72 Å². The first-order valence-electron chi connectivity index (χ1n) is 6.19. The second-order valence-corrected chi connectivity index (χ2v) is 6.21. The van der Waals surface area contributed by atoms with E-state index < -0.39 is 53.0 Å². The molecule has 0 unspecified atom stereocenters. The molecule has 23 heavy (non-hydrogen) atoms. The molecule has 0 aromatic carbocycles. The second-order valence-electron chi connectivity index (χ2n) is 4.45. The lowest BCUT2D eigenvalue weighted by molar-refractivity contribution is -0.155. The highest BCUT2D eigenvalue weighted by atomic mass is 32.2. The lowest BCUT2D eigenvalue weighted by Crippen LogP contribution is -2.45. The number of piperidine rings is 1. The third kappa shape index (κ3) is 5.03. The lowest BCUT2D eigenvalue weighted by atomic mass is 10.1. The molecule has 12 heteroatoms. The van der Waals surface area contributed by atoms with E-state index in [1.807, 2.05) is 0 Å². The summed E-state index contributed by atoms with van der Waals surface area (Å²) in [6.07, 6.45) is 0.186. The van der Waals surface area contributed by atoms with Crippen molar-refractivity contribution in [3.8, 4) is 0 Å². The summed E-state index contributed by atoms with van der Waals surface area (Å²) >= 11 is 0. The minimum Gasteiger partial charge on any atom is -0.463 e. The molecule has 0 aromatic rings. The molecule has 0 aromatic heterocycles. The average Bonchev–Trinajstić information content (AvgIpc) is 2.43. The van der Waals surface area contributed by atoms with E-state index in [0.29, 0.717) is 4.90 Å². The SMILES string of the molecule is C=C1CCC(=O)N(CC(=O)OCCNS(=O)(=O)C(F)(F)F)C1=O. The van der Waals surface area contributed by atoms with Crippen LogP contribution >= 0.6 is 0 Å². The smallest absolute Gasteiger partial charge is 0.463 e. The molecule has 1 saturated heterocycles. The lowest BCUT2D eigenvalue weighted by Gasteiger charge is -2.25. The van der Waals surface area contributed by atoms with E-state index in [1.54, 1.807) is 0 Å². The molecule has 0 radical (unpaired) electrons. The minimum absolute atomic E-state index is 0.00321. The zero-order chi connectivity index (χ0) is 17.8. The Morgan fingerprint density at radius 1 is 1.30 bits per heavy atom.